The monoisotopic (exact) mass is 386 g/mol. The third-order valence-corrected chi connectivity index (χ3v) is 5.33. The number of anilines is 1. The Kier molecular flexibility index (Phi) is 5.07. The molecule has 1 aromatic heterocycles. The lowest BCUT2D eigenvalue weighted by atomic mass is 10.0. The van der Waals surface area contributed by atoms with Gasteiger partial charge in [0.05, 0.1) is 13.2 Å². The number of amides is 1. The maximum Gasteiger partial charge on any atom is 0.259 e. The van der Waals surface area contributed by atoms with Gasteiger partial charge in [-0.05, 0) is 52.7 Å². The Bertz CT molecular complexity index is 1150. The molecule has 0 spiro atoms. The second-order valence-corrected chi connectivity index (χ2v) is 7.08. The molecular weight excluding hydrogens is 364 g/mol. The number of fused-ring (bicyclic) bond motifs is 1. The molecule has 0 aliphatic carbocycles. The van der Waals surface area contributed by atoms with Crippen LogP contribution in [0.4, 0.5) is 5.69 Å². The zero-order valence-corrected chi connectivity index (χ0v) is 16.3. The molecule has 3 aromatic rings. The highest BCUT2D eigenvalue weighted by Gasteiger charge is 2.13. The largest absolute Gasteiger partial charge is 0.378 e. The van der Waals surface area contributed by atoms with Crippen LogP contribution in [0.5, 0.6) is 0 Å². The van der Waals surface area contributed by atoms with Crippen molar-refractivity contribution < 1.29 is 9.53 Å². The van der Waals surface area contributed by atoms with Crippen molar-refractivity contribution in [3.63, 3.8) is 0 Å². The highest BCUT2D eigenvalue weighted by molar-refractivity contribution is 6.00. The molecule has 2 N–H and O–H groups in total. The van der Waals surface area contributed by atoms with Crippen LogP contribution in [0.3, 0.4) is 0 Å². The van der Waals surface area contributed by atoms with Crippen molar-refractivity contribution in [3.8, 4) is 17.3 Å². The molecule has 6 nitrogen and oxygen atoms in total. The number of primary amides is 1. The van der Waals surface area contributed by atoms with E-state index in [9.17, 15) is 4.79 Å². The van der Waals surface area contributed by atoms with Crippen molar-refractivity contribution in [2.75, 3.05) is 31.2 Å². The minimum atomic E-state index is -0.725. The van der Waals surface area contributed by atoms with Crippen LogP contribution in [0, 0.1) is 11.3 Å². The average molecular weight is 386 g/mol. The second-order valence-electron chi connectivity index (χ2n) is 7.08. The normalized spacial score (nSPS) is 14.8. The summed E-state index contributed by atoms with van der Waals surface area (Å²) in [6.45, 7) is 3.37. The fourth-order valence-corrected chi connectivity index (χ4v) is 3.68. The highest BCUT2D eigenvalue weighted by atomic mass is 16.5. The molecule has 2 aromatic carbocycles. The first-order valence-electron chi connectivity index (χ1n) is 9.51. The van der Waals surface area contributed by atoms with Crippen molar-refractivity contribution in [3.05, 3.63) is 59.8 Å². The van der Waals surface area contributed by atoms with Crippen LogP contribution in [0.15, 0.2) is 54.1 Å². The number of nitrogens with two attached hydrogens (primary N) is 1. The highest BCUT2D eigenvalue weighted by Crippen LogP contribution is 2.29. The summed E-state index contributed by atoms with van der Waals surface area (Å²) >= 11 is 0. The number of rotatable bonds is 4. The molecule has 1 fully saturated rings. The van der Waals surface area contributed by atoms with E-state index in [1.54, 1.807) is 0 Å². The minimum Gasteiger partial charge on any atom is -0.378 e. The van der Waals surface area contributed by atoms with Crippen LogP contribution >= 0.6 is 0 Å². The number of aromatic nitrogens is 1. The number of carbonyl (C=O) groups is 1. The molecule has 0 radical (unpaired) electrons. The summed E-state index contributed by atoms with van der Waals surface area (Å²) in [4.78, 5) is 13.7. The zero-order chi connectivity index (χ0) is 20.4. The van der Waals surface area contributed by atoms with Gasteiger partial charge in [-0.25, -0.2) is 0 Å². The number of hydrogen-bond acceptors (Lipinski definition) is 4. The van der Waals surface area contributed by atoms with Crippen molar-refractivity contribution >= 4 is 28.4 Å². The fraction of sp³-hybridized carbons (Fsp3) is 0.217. The van der Waals surface area contributed by atoms with Crippen molar-refractivity contribution in [2.45, 2.75) is 0 Å². The van der Waals surface area contributed by atoms with Gasteiger partial charge >= 0.3 is 0 Å². The van der Waals surface area contributed by atoms with Gasteiger partial charge in [0.15, 0.2) is 0 Å². The smallest absolute Gasteiger partial charge is 0.259 e. The van der Waals surface area contributed by atoms with E-state index >= 15 is 0 Å². The molecule has 6 heteroatoms. The molecule has 1 aliphatic heterocycles. The average Bonchev–Trinajstić information content (AvgIpc) is 3.11. The third-order valence-electron chi connectivity index (χ3n) is 5.33. The van der Waals surface area contributed by atoms with E-state index in [-0.39, 0.29) is 5.57 Å². The summed E-state index contributed by atoms with van der Waals surface area (Å²) in [5.74, 6) is -0.725. The molecule has 29 heavy (non-hydrogen) atoms. The van der Waals surface area contributed by atoms with Gasteiger partial charge in [0.2, 0.25) is 0 Å². The van der Waals surface area contributed by atoms with Gasteiger partial charge in [-0.15, -0.1) is 0 Å². The minimum absolute atomic E-state index is 0.0631. The van der Waals surface area contributed by atoms with Gasteiger partial charge in [-0.2, -0.15) is 5.26 Å². The lowest BCUT2D eigenvalue weighted by Gasteiger charge is -2.29. The molecule has 1 amide bonds. The number of ether oxygens (including phenoxy) is 1. The van der Waals surface area contributed by atoms with Gasteiger partial charge in [0.1, 0.15) is 11.6 Å². The Hall–Kier alpha value is -3.56. The number of nitrogens with zero attached hydrogens (tertiary/aromatic N) is 3. The number of benzene rings is 2. The standard InChI is InChI=1S/C23H22N4O2/c1-26-20(14-19(15-24)23(25)28)6-7-22(26)18-3-2-17-13-21(5-4-16(17)12-18)27-8-10-29-11-9-27/h2-7,12-14H,8-11H2,1H3,(H2,25,28)/b19-14+. The maximum atomic E-state index is 11.3. The van der Waals surface area contributed by atoms with Crippen LogP contribution in [-0.4, -0.2) is 36.8 Å². The molecule has 0 atom stereocenters. The molecule has 0 unspecified atom stereocenters. The summed E-state index contributed by atoms with van der Waals surface area (Å²) in [6.07, 6.45) is 1.52. The summed E-state index contributed by atoms with van der Waals surface area (Å²) in [7, 11) is 1.91. The maximum absolute atomic E-state index is 11.3. The number of hydrogen-bond donors (Lipinski definition) is 1. The number of morpholine rings is 1. The summed E-state index contributed by atoms with van der Waals surface area (Å²) < 4.78 is 7.39. The zero-order valence-electron chi connectivity index (χ0n) is 16.3. The Morgan fingerprint density at radius 2 is 1.83 bits per heavy atom. The Labute approximate surface area is 169 Å². The van der Waals surface area contributed by atoms with E-state index < -0.39 is 5.91 Å². The number of nitriles is 1. The summed E-state index contributed by atoms with van der Waals surface area (Å²) in [5, 5.41) is 11.4. The van der Waals surface area contributed by atoms with Crippen LogP contribution in [0.1, 0.15) is 5.69 Å². The first-order valence-corrected chi connectivity index (χ1v) is 9.51. The molecule has 2 heterocycles. The van der Waals surface area contributed by atoms with Gasteiger partial charge in [0, 0.05) is 37.2 Å². The summed E-state index contributed by atoms with van der Waals surface area (Å²) in [6, 6.07) is 18.6. The Balaban J connectivity index is 1.67. The number of carbonyl (C=O) groups excluding carboxylic acids is 1. The molecule has 1 saturated heterocycles. The van der Waals surface area contributed by atoms with Crippen LogP contribution < -0.4 is 10.6 Å². The molecule has 1 aliphatic rings. The van der Waals surface area contributed by atoms with Gasteiger partial charge in [0.25, 0.3) is 5.91 Å². The van der Waals surface area contributed by atoms with E-state index in [1.807, 2.05) is 29.8 Å². The fourth-order valence-electron chi connectivity index (χ4n) is 3.68. The van der Waals surface area contributed by atoms with E-state index in [2.05, 4.69) is 41.3 Å². The Morgan fingerprint density at radius 3 is 2.55 bits per heavy atom. The molecular formula is C23H22N4O2. The van der Waals surface area contributed by atoms with E-state index in [0.717, 1.165) is 48.6 Å². The van der Waals surface area contributed by atoms with E-state index in [1.165, 1.54) is 17.1 Å². The predicted octanol–water partition coefficient (Wildman–Crippen LogP) is 3.07. The van der Waals surface area contributed by atoms with Crippen LogP contribution in [0.2, 0.25) is 0 Å². The van der Waals surface area contributed by atoms with Gasteiger partial charge in [-0.3, -0.25) is 4.79 Å². The first kappa shape index (κ1) is 18.8. The second kappa shape index (κ2) is 7.82. The van der Waals surface area contributed by atoms with Gasteiger partial charge in [-0.1, -0.05) is 18.2 Å². The van der Waals surface area contributed by atoms with Gasteiger partial charge < -0.3 is 19.9 Å². The SMILES string of the molecule is Cn1c(/C=C(\C#N)C(N)=O)ccc1-c1ccc2cc(N3CCOCC3)ccc2c1. The Morgan fingerprint density at radius 1 is 1.10 bits per heavy atom. The van der Waals surface area contributed by atoms with E-state index in [4.69, 9.17) is 15.7 Å². The molecule has 4 rings (SSSR count). The molecule has 0 bridgehead atoms. The topological polar surface area (TPSA) is 84.3 Å². The quantitative estimate of drug-likeness (QED) is 0.552. The molecule has 0 saturated carbocycles. The third kappa shape index (κ3) is 3.73. The van der Waals surface area contributed by atoms with Crippen molar-refractivity contribution in [1.82, 2.24) is 4.57 Å². The lowest BCUT2D eigenvalue weighted by molar-refractivity contribution is -0.114. The predicted molar refractivity (Wildman–Crippen MR) is 114 cm³/mol. The first-order chi connectivity index (χ1) is 14.1. The molecule has 146 valence electrons. The van der Waals surface area contributed by atoms with E-state index in [0.29, 0.717) is 0 Å². The van der Waals surface area contributed by atoms with Crippen LogP contribution in [-0.2, 0) is 16.6 Å². The lowest BCUT2D eigenvalue weighted by Crippen LogP contribution is -2.36. The van der Waals surface area contributed by atoms with Crippen LogP contribution in [0.25, 0.3) is 28.1 Å². The van der Waals surface area contributed by atoms with Crippen molar-refractivity contribution in [1.29, 1.82) is 5.26 Å². The summed E-state index contributed by atoms with van der Waals surface area (Å²) in [5.41, 5.74) is 9.21. The van der Waals surface area contributed by atoms with Crippen molar-refractivity contribution in [2.24, 2.45) is 12.8 Å².